The predicted octanol–water partition coefficient (Wildman–Crippen LogP) is 6.34. The van der Waals surface area contributed by atoms with Crippen LogP contribution in [-0.4, -0.2) is 75.7 Å². The number of carbonyl (C=O) groups excluding carboxylic acids is 2. The Balaban J connectivity index is 1.38. The Kier molecular flexibility index (Phi) is 11.7. The molecule has 0 amide bonds. The molecule has 2 heterocycles. The quantitative estimate of drug-likeness (QED) is 0.0684. The van der Waals surface area contributed by atoms with Gasteiger partial charge in [0, 0.05) is 6.42 Å². The van der Waals surface area contributed by atoms with E-state index in [0.717, 1.165) is 19.7 Å². The van der Waals surface area contributed by atoms with Gasteiger partial charge >= 0.3 is 214 Å². The van der Waals surface area contributed by atoms with Gasteiger partial charge in [0.25, 0.3) is 0 Å². The predicted molar refractivity (Wildman–Crippen MR) is 172 cm³/mol. The summed E-state index contributed by atoms with van der Waals surface area (Å²) in [6, 6.07) is 10.9. The minimum Gasteiger partial charge on any atom is -0.481 e. The van der Waals surface area contributed by atoms with E-state index >= 15 is 0 Å². The van der Waals surface area contributed by atoms with Crippen molar-refractivity contribution in [1.29, 1.82) is 0 Å². The topological polar surface area (TPSA) is 146 Å². The maximum atomic E-state index is 12.8. The summed E-state index contributed by atoms with van der Waals surface area (Å²) in [7, 11) is 3.09. The molecule has 0 aliphatic heterocycles. The first-order valence-corrected chi connectivity index (χ1v) is 17.1. The van der Waals surface area contributed by atoms with Crippen LogP contribution in [0.25, 0.3) is 19.7 Å². The molecule has 10 nitrogen and oxygen atoms in total. The Bertz CT molecular complexity index is 1580. The van der Waals surface area contributed by atoms with Crippen LogP contribution in [0.5, 0.6) is 23.0 Å². The molecule has 2 aromatic carbocycles. The van der Waals surface area contributed by atoms with E-state index < -0.39 is 23.8 Å². The van der Waals surface area contributed by atoms with Crippen LogP contribution in [0.15, 0.2) is 36.4 Å². The zero-order chi connectivity index (χ0) is 32.7. The second-order valence-electron chi connectivity index (χ2n) is 10.5. The first-order chi connectivity index (χ1) is 21.6. The second-order valence-corrected chi connectivity index (χ2v) is 13.9. The molecular weight excluding hydrogens is 667 g/mol. The number of aliphatic carboxylic acids is 2. The van der Waals surface area contributed by atoms with Crippen molar-refractivity contribution in [2.45, 2.75) is 46.0 Å². The molecule has 0 aliphatic rings. The third kappa shape index (κ3) is 8.25. The number of carboxylic acids is 2. The summed E-state index contributed by atoms with van der Waals surface area (Å²) in [5, 5.41) is 20.3. The maximum absolute atomic E-state index is 12.8. The van der Waals surface area contributed by atoms with Crippen LogP contribution in [0.2, 0.25) is 0 Å². The SMILES string of the molecule is CCC(CC(=O)c1cc2cc(OC)c(OCCCOc3cc4[se]c(C(=O)CC(CC)C(=O)O)cc4cc3OC)cc2s1)C(=O)O. The number of fused-ring (bicyclic) bond motifs is 2. The van der Waals surface area contributed by atoms with E-state index in [2.05, 4.69) is 0 Å². The molecule has 0 saturated heterocycles. The summed E-state index contributed by atoms with van der Waals surface area (Å²) in [4.78, 5) is 48.8. The Morgan fingerprint density at radius 2 is 1.29 bits per heavy atom. The average molecular weight is 704 g/mol. The molecule has 45 heavy (non-hydrogen) atoms. The molecule has 2 N–H and O–H groups in total. The molecule has 2 unspecified atom stereocenters. The molecule has 4 rings (SSSR count). The monoisotopic (exact) mass is 704 g/mol. The van der Waals surface area contributed by atoms with E-state index in [0.29, 0.717) is 64.8 Å². The summed E-state index contributed by atoms with van der Waals surface area (Å²) in [5.41, 5.74) is 0. The molecule has 2 aromatic heterocycles. The Morgan fingerprint density at radius 3 is 1.84 bits per heavy atom. The van der Waals surface area contributed by atoms with Crippen LogP contribution in [0, 0.1) is 11.8 Å². The van der Waals surface area contributed by atoms with Gasteiger partial charge in [0.15, 0.2) is 5.78 Å². The molecule has 2 atom stereocenters. The van der Waals surface area contributed by atoms with Crippen molar-refractivity contribution in [1.82, 2.24) is 0 Å². The zero-order valence-electron chi connectivity index (χ0n) is 25.5. The number of Topliss-reactive ketones (excluding diaryl/α,β-unsaturated/α-hetero) is 2. The van der Waals surface area contributed by atoms with Gasteiger partial charge in [-0.3, -0.25) is 9.59 Å². The van der Waals surface area contributed by atoms with Gasteiger partial charge in [-0.25, -0.2) is 0 Å². The van der Waals surface area contributed by atoms with Crippen LogP contribution in [-0.2, 0) is 9.59 Å². The Labute approximate surface area is 270 Å². The number of methoxy groups -OCH3 is 2. The molecule has 0 radical (unpaired) electrons. The van der Waals surface area contributed by atoms with Crippen molar-refractivity contribution in [3.05, 3.63) is 45.7 Å². The number of carboxylic acid groups (broad SMARTS) is 2. The van der Waals surface area contributed by atoms with Gasteiger partial charge in [-0.15, -0.1) is 0 Å². The number of thiophene rings is 1. The number of hydrogen-bond donors (Lipinski definition) is 2. The van der Waals surface area contributed by atoms with Crippen LogP contribution >= 0.6 is 11.3 Å². The van der Waals surface area contributed by atoms with Gasteiger partial charge in [0.05, 0.1) is 10.8 Å². The first kappa shape index (κ1) is 34.0. The molecule has 0 bridgehead atoms. The van der Waals surface area contributed by atoms with E-state index in [9.17, 15) is 29.4 Å². The number of hydrogen-bond acceptors (Lipinski definition) is 9. The minimum atomic E-state index is -0.971. The third-order valence-electron chi connectivity index (χ3n) is 7.51. The number of ether oxygens (including phenoxy) is 4. The Hall–Kier alpha value is -3.86. The molecule has 0 spiro atoms. The van der Waals surface area contributed by atoms with Gasteiger partial charge < -0.3 is 5.11 Å². The fourth-order valence-electron chi connectivity index (χ4n) is 4.80. The first-order valence-electron chi connectivity index (χ1n) is 14.6. The summed E-state index contributed by atoms with van der Waals surface area (Å²) >= 11 is 1.04. The standard InChI is InChI=1S/C33H36O10SSe/c1-5-18(32(36)37)10-22(34)29-14-20-12-24(40-3)26(16-28(20)44-29)42-8-7-9-43-27-17-30-21(13-25(27)41-4)15-31(45-30)23(35)11-19(6-2)33(38)39/h12-19H,5-11H2,1-4H3,(H,36,37)(H,38,39). The van der Waals surface area contributed by atoms with E-state index in [-0.39, 0.29) is 38.9 Å². The van der Waals surface area contributed by atoms with Gasteiger partial charge in [-0.2, -0.15) is 0 Å². The van der Waals surface area contributed by atoms with Crippen molar-refractivity contribution in [2.75, 3.05) is 27.4 Å². The summed E-state index contributed by atoms with van der Waals surface area (Å²) in [6.45, 7) is 4.19. The van der Waals surface area contributed by atoms with Crippen molar-refractivity contribution < 1.29 is 48.3 Å². The summed E-state index contributed by atoms with van der Waals surface area (Å²) < 4.78 is 25.5. The smallest absolute Gasteiger partial charge is 0.481 e. The van der Waals surface area contributed by atoms with Crippen molar-refractivity contribution >= 4 is 69.1 Å². The fraction of sp³-hybridized carbons (Fsp3) is 0.394. The zero-order valence-corrected chi connectivity index (χ0v) is 28.1. The normalized spacial score (nSPS) is 12.5. The van der Waals surface area contributed by atoms with Gasteiger partial charge in [0.1, 0.15) is 0 Å². The van der Waals surface area contributed by atoms with Crippen LogP contribution in [0.3, 0.4) is 0 Å². The van der Waals surface area contributed by atoms with Crippen LogP contribution in [0.4, 0.5) is 0 Å². The molecule has 240 valence electrons. The van der Waals surface area contributed by atoms with Gasteiger partial charge in [0.2, 0.25) is 0 Å². The number of rotatable bonds is 18. The van der Waals surface area contributed by atoms with Crippen molar-refractivity contribution in [3.8, 4) is 23.0 Å². The van der Waals surface area contributed by atoms with Crippen molar-refractivity contribution in [3.63, 3.8) is 0 Å². The van der Waals surface area contributed by atoms with Crippen LogP contribution in [0.1, 0.15) is 64.9 Å². The van der Waals surface area contributed by atoms with Crippen LogP contribution < -0.4 is 18.9 Å². The molecule has 0 saturated carbocycles. The average Bonchev–Trinajstić information content (AvgIpc) is 3.64. The second kappa shape index (κ2) is 15.4. The third-order valence-corrected chi connectivity index (χ3v) is 11.0. The number of ketones is 2. The summed E-state index contributed by atoms with van der Waals surface area (Å²) in [5.74, 6) is -1.52. The van der Waals surface area contributed by atoms with E-state index in [1.54, 1.807) is 33.1 Å². The number of carbonyl (C=O) groups is 4. The van der Waals surface area contributed by atoms with Crippen molar-refractivity contribution in [2.24, 2.45) is 11.8 Å². The van der Waals surface area contributed by atoms with E-state index in [1.165, 1.54) is 18.4 Å². The molecular formula is C33H36O10SSe. The minimum absolute atomic E-state index is 0.0104. The summed E-state index contributed by atoms with van der Waals surface area (Å²) in [6.07, 6.45) is 1.28. The molecule has 0 fully saturated rings. The van der Waals surface area contributed by atoms with E-state index in [4.69, 9.17) is 18.9 Å². The van der Waals surface area contributed by atoms with Gasteiger partial charge in [-0.05, 0) is 12.5 Å². The van der Waals surface area contributed by atoms with Gasteiger partial charge in [-0.1, -0.05) is 6.92 Å². The molecule has 4 aromatic rings. The molecule has 12 heteroatoms. The fourth-order valence-corrected chi connectivity index (χ4v) is 7.96. The van der Waals surface area contributed by atoms with E-state index in [1.807, 2.05) is 24.3 Å². The molecule has 0 aliphatic carbocycles. The Morgan fingerprint density at radius 1 is 0.733 bits per heavy atom. The number of benzene rings is 2.